The first-order valence-electron chi connectivity index (χ1n) is 6.76. The Morgan fingerprint density at radius 1 is 1.42 bits per heavy atom. The molecule has 1 aliphatic carbocycles. The molecule has 1 N–H and O–H groups in total. The van der Waals surface area contributed by atoms with Gasteiger partial charge in [-0.05, 0) is 43.5 Å². The molecule has 0 aliphatic heterocycles. The smallest absolute Gasteiger partial charge is 0.338 e. The number of carbonyl (C=O) groups is 1. The second-order valence-corrected chi connectivity index (χ2v) is 5.47. The Bertz CT molecular complexity index is 455. The Kier molecular flexibility index (Phi) is 4.53. The van der Waals surface area contributed by atoms with Crippen molar-refractivity contribution in [1.29, 1.82) is 0 Å². The number of hydrogen-bond donors (Lipinski definition) is 1. The summed E-state index contributed by atoms with van der Waals surface area (Å²) in [5, 5.41) is 8.90. The molecule has 104 valence electrons. The molecular weight excluding hydrogens is 245 g/mol. The Balaban J connectivity index is 1.98. The fourth-order valence-electron chi connectivity index (χ4n) is 2.84. The van der Waals surface area contributed by atoms with Crippen molar-refractivity contribution in [2.24, 2.45) is 5.92 Å². The molecule has 0 atom stereocenters. The van der Waals surface area contributed by atoms with Gasteiger partial charge in [0.1, 0.15) is 5.82 Å². The summed E-state index contributed by atoms with van der Waals surface area (Å²) in [6, 6.07) is 4.33. The first kappa shape index (κ1) is 14.0. The Morgan fingerprint density at radius 3 is 2.74 bits per heavy atom. The summed E-state index contributed by atoms with van der Waals surface area (Å²) >= 11 is 0. The maximum Gasteiger partial charge on any atom is 0.338 e. The molecule has 0 unspecified atom stereocenters. The Labute approximate surface area is 113 Å². The first-order chi connectivity index (χ1) is 9.06. The molecule has 1 aromatic rings. The molecule has 0 aromatic heterocycles. The summed E-state index contributed by atoms with van der Waals surface area (Å²) in [5.41, 5.74) is 0.603. The van der Waals surface area contributed by atoms with Crippen molar-refractivity contribution in [2.75, 3.05) is 13.6 Å². The molecule has 0 spiro atoms. The van der Waals surface area contributed by atoms with E-state index in [0.717, 1.165) is 18.0 Å². The third-order valence-electron chi connectivity index (χ3n) is 3.76. The van der Waals surface area contributed by atoms with Crippen molar-refractivity contribution < 1.29 is 14.3 Å². The van der Waals surface area contributed by atoms with Crippen molar-refractivity contribution in [3.8, 4) is 0 Å². The molecule has 0 bridgehead atoms. The average Bonchev–Trinajstić information content (AvgIpc) is 2.84. The van der Waals surface area contributed by atoms with Gasteiger partial charge in [-0.2, -0.15) is 0 Å². The predicted molar refractivity (Wildman–Crippen MR) is 71.7 cm³/mol. The van der Waals surface area contributed by atoms with Gasteiger partial charge in [-0.1, -0.05) is 18.9 Å². The topological polar surface area (TPSA) is 40.5 Å². The van der Waals surface area contributed by atoms with Crippen LogP contribution >= 0.6 is 0 Å². The van der Waals surface area contributed by atoms with E-state index < -0.39 is 11.8 Å². The number of carboxylic acids is 1. The van der Waals surface area contributed by atoms with E-state index in [1.807, 2.05) is 7.05 Å². The molecule has 0 saturated heterocycles. The van der Waals surface area contributed by atoms with Crippen molar-refractivity contribution in [3.05, 3.63) is 35.1 Å². The second kappa shape index (κ2) is 6.15. The lowest BCUT2D eigenvalue weighted by Gasteiger charge is -2.21. The molecule has 3 nitrogen and oxygen atoms in total. The standard InChI is InChI=1S/C15H20FNO2/c1-17(9-11-4-2-3-5-11)10-12-6-7-14(16)13(8-12)15(18)19/h6-8,11H,2-5,9-10H2,1H3,(H,18,19). The van der Waals surface area contributed by atoms with E-state index >= 15 is 0 Å². The second-order valence-electron chi connectivity index (χ2n) is 5.47. The van der Waals surface area contributed by atoms with Gasteiger partial charge < -0.3 is 10.0 Å². The van der Waals surface area contributed by atoms with E-state index in [4.69, 9.17) is 5.11 Å². The maximum atomic E-state index is 13.3. The Hall–Kier alpha value is -1.42. The van der Waals surface area contributed by atoms with E-state index in [1.165, 1.54) is 37.8 Å². The number of halogens is 1. The highest BCUT2D eigenvalue weighted by molar-refractivity contribution is 5.88. The molecule has 2 rings (SSSR count). The predicted octanol–water partition coefficient (Wildman–Crippen LogP) is 3.15. The van der Waals surface area contributed by atoms with Gasteiger partial charge in [-0.3, -0.25) is 0 Å². The summed E-state index contributed by atoms with van der Waals surface area (Å²) in [4.78, 5) is 13.1. The number of aromatic carboxylic acids is 1. The Morgan fingerprint density at radius 2 is 2.11 bits per heavy atom. The molecular formula is C15H20FNO2. The quantitative estimate of drug-likeness (QED) is 0.889. The molecule has 1 fully saturated rings. The highest BCUT2D eigenvalue weighted by Crippen LogP contribution is 2.25. The van der Waals surface area contributed by atoms with Crippen LogP contribution in [0.15, 0.2) is 18.2 Å². The van der Waals surface area contributed by atoms with Crippen LogP contribution in [0, 0.1) is 11.7 Å². The highest BCUT2D eigenvalue weighted by atomic mass is 19.1. The number of carboxylic acid groups (broad SMARTS) is 1. The van der Waals surface area contributed by atoms with Gasteiger partial charge >= 0.3 is 5.97 Å². The molecule has 19 heavy (non-hydrogen) atoms. The third kappa shape index (κ3) is 3.77. The number of hydrogen-bond acceptors (Lipinski definition) is 2. The fraction of sp³-hybridized carbons (Fsp3) is 0.533. The first-order valence-corrected chi connectivity index (χ1v) is 6.76. The summed E-state index contributed by atoms with van der Waals surface area (Å²) in [6.07, 6.45) is 5.21. The van der Waals surface area contributed by atoms with E-state index in [0.29, 0.717) is 6.54 Å². The van der Waals surface area contributed by atoms with Crippen LogP contribution in [0.5, 0.6) is 0 Å². The van der Waals surface area contributed by atoms with Crippen molar-refractivity contribution in [2.45, 2.75) is 32.2 Å². The van der Waals surface area contributed by atoms with Gasteiger partial charge in [0, 0.05) is 13.1 Å². The van der Waals surface area contributed by atoms with Crippen molar-refractivity contribution in [1.82, 2.24) is 4.90 Å². The number of benzene rings is 1. The fourth-order valence-corrected chi connectivity index (χ4v) is 2.84. The maximum absolute atomic E-state index is 13.3. The SMILES string of the molecule is CN(Cc1ccc(F)c(C(=O)O)c1)CC1CCCC1. The molecule has 1 aliphatic rings. The van der Waals surface area contributed by atoms with Crippen LogP contribution in [0.25, 0.3) is 0 Å². The molecule has 0 heterocycles. The minimum Gasteiger partial charge on any atom is -0.478 e. The third-order valence-corrected chi connectivity index (χ3v) is 3.76. The molecule has 1 saturated carbocycles. The van der Waals surface area contributed by atoms with Gasteiger partial charge in [-0.25, -0.2) is 9.18 Å². The minimum absolute atomic E-state index is 0.244. The largest absolute Gasteiger partial charge is 0.478 e. The molecule has 0 amide bonds. The number of rotatable bonds is 5. The summed E-state index contributed by atoms with van der Waals surface area (Å²) < 4.78 is 13.3. The zero-order chi connectivity index (χ0) is 13.8. The lowest BCUT2D eigenvalue weighted by molar-refractivity contribution is 0.0691. The van der Waals surface area contributed by atoms with Crippen LogP contribution in [-0.4, -0.2) is 29.6 Å². The van der Waals surface area contributed by atoms with E-state index in [-0.39, 0.29) is 5.56 Å². The highest BCUT2D eigenvalue weighted by Gasteiger charge is 2.17. The van der Waals surface area contributed by atoms with Gasteiger partial charge in [-0.15, -0.1) is 0 Å². The van der Waals surface area contributed by atoms with Gasteiger partial charge in [0.2, 0.25) is 0 Å². The zero-order valence-electron chi connectivity index (χ0n) is 11.2. The van der Waals surface area contributed by atoms with Crippen LogP contribution in [0.1, 0.15) is 41.6 Å². The van der Waals surface area contributed by atoms with Gasteiger partial charge in [0.15, 0.2) is 0 Å². The number of nitrogens with zero attached hydrogens (tertiary/aromatic N) is 1. The summed E-state index contributed by atoms with van der Waals surface area (Å²) in [7, 11) is 2.03. The molecule has 1 aromatic carbocycles. The van der Waals surface area contributed by atoms with Crippen LogP contribution in [0.3, 0.4) is 0 Å². The summed E-state index contributed by atoms with van der Waals surface area (Å²) in [6.45, 7) is 1.69. The lowest BCUT2D eigenvalue weighted by atomic mass is 10.1. The molecule has 0 radical (unpaired) electrons. The van der Waals surface area contributed by atoms with Crippen LogP contribution in [-0.2, 0) is 6.54 Å². The van der Waals surface area contributed by atoms with Crippen LogP contribution in [0.4, 0.5) is 4.39 Å². The van der Waals surface area contributed by atoms with E-state index in [2.05, 4.69) is 4.90 Å². The van der Waals surface area contributed by atoms with Gasteiger partial charge in [0.25, 0.3) is 0 Å². The van der Waals surface area contributed by atoms with Crippen LogP contribution < -0.4 is 0 Å². The zero-order valence-corrected chi connectivity index (χ0v) is 11.2. The monoisotopic (exact) mass is 265 g/mol. The van der Waals surface area contributed by atoms with Crippen LogP contribution in [0.2, 0.25) is 0 Å². The summed E-state index contributed by atoms with van der Waals surface area (Å²) in [5.74, 6) is -1.13. The molecule has 4 heteroatoms. The van der Waals surface area contributed by atoms with Gasteiger partial charge in [0.05, 0.1) is 5.56 Å². The van der Waals surface area contributed by atoms with Crippen molar-refractivity contribution in [3.63, 3.8) is 0 Å². The minimum atomic E-state index is -1.21. The average molecular weight is 265 g/mol. The normalized spacial score (nSPS) is 16.2. The van der Waals surface area contributed by atoms with Crippen molar-refractivity contribution >= 4 is 5.97 Å². The van der Waals surface area contributed by atoms with E-state index in [1.54, 1.807) is 6.07 Å². The lowest BCUT2D eigenvalue weighted by Crippen LogP contribution is -2.24. The van der Waals surface area contributed by atoms with E-state index in [9.17, 15) is 9.18 Å².